The average Bonchev–Trinajstić information content (AvgIpc) is 3.17. The van der Waals surface area contributed by atoms with Gasteiger partial charge in [0.15, 0.2) is 0 Å². The number of nitrogens with one attached hydrogen (secondary N) is 1. The third kappa shape index (κ3) is 16.2. The Kier molecular flexibility index (Phi) is 20.4. The van der Waals surface area contributed by atoms with Crippen molar-refractivity contribution in [3.63, 3.8) is 0 Å². The third-order valence-electron chi connectivity index (χ3n) is 8.86. The minimum atomic E-state index is -0.614. The highest BCUT2D eigenvalue weighted by Crippen LogP contribution is 2.24. The maximum absolute atomic E-state index is 12.5. The zero-order valence-electron chi connectivity index (χ0n) is 34.0. The average molecular weight is 793 g/mol. The van der Waals surface area contributed by atoms with E-state index in [2.05, 4.69) is 22.3 Å². The number of nitrogens with zero attached hydrogens (tertiary/aromatic N) is 2. The number of nitrogens with two attached hydrogens (primary N) is 1. The Balaban J connectivity index is 0.000000323. The van der Waals surface area contributed by atoms with Crippen molar-refractivity contribution in [2.45, 2.75) is 85.5 Å². The van der Waals surface area contributed by atoms with Crippen molar-refractivity contribution in [2.24, 2.45) is 11.7 Å². The lowest BCUT2D eigenvalue weighted by Gasteiger charge is -2.33. The van der Waals surface area contributed by atoms with E-state index in [0.717, 1.165) is 17.8 Å². The largest absolute Gasteiger partial charge is 0.465 e. The molecule has 0 saturated carbocycles. The number of ketones is 1. The van der Waals surface area contributed by atoms with Crippen LogP contribution in [0.3, 0.4) is 0 Å². The number of hydrogen-bond acceptors (Lipinski definition) is 10. The van der Waals surface area contributed by atoms with Gasteiger partial charge >= 0.3 is 18.0 Å². The molecule has 3 N–H and O–H groups in total. The highest BCUT2D eigenvalue weighted by Gasteiger charge is 2.34. The molecular weight excluding hydrogens is 732 g/mol. The lowest BCUT2D eigenvalue weighted by molar-refractivity contribution is -0.154. The number of benzene rings is 3. The first-order valence-corrected chi connectivity index (χ1v) is 19.2. The zero-order valence-corrected chi connectivity index (χ0v) is 34.8. The Morgan fingerprint density at radius 3 is 1.89 bits per heavy atom. The topological polar surface area (TPSA) is 141 Å². The van der Waals surface area contributed by atoms with Crippen molar-refractivity contribution in [1.29, 1.82) is 0 Å². The predicted octanol–water partition coefficient (Wildman–Crippen LogP) is 7.56. The summed E-state index contributed by atoms with van der Waals surface area (Å²) in [5, 5.41) is 3.43. The number of carbonyl (C=O) groups is 4. The molecule has 11 nitrogen and oxygen atoms in total. The second kappa shape index (κ2) is 24.0. The minimum Gasteiger partial charge on any atom is -0.465 e. The number of hydrogen-bond donors (Lipinski definition) is 2. The molecule has 2 aliphatic rings. The highest BCUT2D eigenvalue weighted by molar-refractivity contribution is 5.99. The fourth-order valence-electron chi connectivity index (χ4n) is 5.98. The first-order valence-electron chi connectivity index (χ1n) is 19.2. The molecule has 306 valence electrons. The second-order valence-electron chi connectivity index (χ2n) is 14.5. The van der Waals surface area contributed by atoms with Crippen molar-refractivity contribution < 1.29 is 33.4 Å². The Hall–Kier alpha value is -4.71. The molecule has 56 heavy (non-hydrogen) atoms. The smallest absolute Gasteiger partial charge is 0.410 e. The molecule has 2 heterocycles. The van der Waals surface area contributed by atoms with Crippen molar-refractivity contribution in [3.8, 4) is 0 Å². The van der Waals surface area contributed by atoms with Crippen LogP contribution in [0.1, 0.15) is 90.1 Å². The summed E-state index contributed by atoms with van der Waals surface area (Å²) in [6.07, 6.45) is 0.556. The molecule has 3 atom stereocenters. The van der Waals surface area contributed by atoms with Crippen molar-refractivity contribution >= 4 is 36.2 Å². The van der Waals surface area contributed by atoms with Crippen LogP contribution in [0.4, 0.5) is 4.79 Å². The summed E-state index contributed by atoms with van der Waals surface area (Å²) in [5.41, 5.74) is 9.86. The number of ether oxygens (including phenoxy) is 3. The first kappa shape index (κ1) is 47.4. The number of Topliss-reactive ketones (excluding diaryl/α,β-unsaturated/α-hetero) is 1. The van der Waals surface area contributed by atoms with E-state index in [1.807, 2.05) is 113 Å². The van der Waals surface area contributed by atoms with Gasteiger partial charge in [0.25, 0.3) is 0 Å². The van der Waals surface area contributed by atoms with Crippen molar-refractivity contribution in [2.75, 3.05) is 39.4 Å². The molecular formula is C44H61ClN4O7. The van der Waals surface area contributed by atoms with Crippen molar-refractivity contribution in [3.05, 3.63) is 119 Å². The van der Waals surface area contributed by atoms with Gasteiger partial charge < -0.3 is 30.2 Å². The fraction of sp³-hybridized carbons (Fsp3) is 0.455. The van der Waals surface area contributed by atoms with Crippen LogP contribution < -0.4 is 11.1 Å². The van der Waals surface area contributed by atoms with Crippen LogP contribution in [-0.2, 0) is 35.1 Å². The fourth-order valence-corrected chi connectivity index (χ4v) is 5.98. The predicted molar refractivity (Wildman–Crippen MR) is 222 cm³/mol. The molecule has 0 aromatic heterocycles. The van der Waals surface area contributed by atoms with Gasteiger partial charge in [0, 0.05) is 56.8 Å². The van der Waals surface area contributed by atoms with E-state index in [0.29, 0.717) is 44.7 Å². The molecule has 12 heteroatoms. The van der Waals surface area contributed by atoms with E-state index in [4.69, 9.17) is 19.9 Å². The van der Waals surface area contributed by atoms with Gasteiger partial charge in [-0.3, -0.25) is 14.5 Å². The monoisotopic (exact) mass is 792 g/mol. The zero-order chi connectivity index (χ0) is 40.4. The van der Waals surface area contributed by atoms with Gasteiger partial charge in [0.1, 0.15) is 17.3 Å². The lowest BCUT2D eigenvalue weighted by atomic mass is 9.96. The highest BCUT2D eigenvalue weighted by atomic mass is 35.5. The number of esters is 2. The van der Waals surface area contributed by atoms with E-state index in [1.165, 1.54) is 11.1 Å². The minimum absolute atomic E-state index is 0. The summed E-state index contributed by atoms with van der Waals surface area (Å²) in [6, 6.07) is 30.3. The summed E-state index contributed by atoms with van der Waals surface area (Å²) in [7, 11) is 0. The Morgan fingerprint density at radius 1 is 0.821 bits per heavy atom. The molecule has 1 amide bonds. The summed E-state index contributed by atoms with van der Waals surface area (Å²) < 4.78 is 15.6. The Bertz CT molecular complexity index is 1680. The SMILES string of the molecule is CCOC(=O)C1=C(N[C@H](C)c2ccccc2)CCN(C(=O)OC(C)(C)C)C1.CCOC(=O)C1CN(Cc2ccccc2)CCC1=O.C[C@@H](N)c1ccccc1.Cl. The molecule has 3 aromatic carbocycles. The number of amides is 1. The summed E-state index contributed by atoms with van der Waals surface area (Å²) >= 11 is 0. The Labute approximate surface area is 339 Å². The number of rotatable bonds is 10. The van der Waals surface area contributed by atoms with Gasteiger partial charge in [-0.25, -0.2) is 9.59 Å². The number of piperidine rings is 1. The lowest BCUT2D eigenvalue weighted by Crippen LogP contribution is -2.44. The van der Waals surface area contributed by atoms with Crippen LogP contribution >= 0.6 is 12.4 Å². The molecule has 2 aliphatic heterocycles. The van der Waals surface area contributed by atoms with Gasteiger partial charge in [-0.1, -0.05) is 91.0 Å². The summed E-state index contributed by atoms with van der Waals surface area (Å²) in [5.74, 6) is -1.39. The van der Waals surface area contributed by atoms with Gasteiger partial charge in [-0.2, -0.15) is 0 Å². The number of carbonyl (C=O) groups excluding carboxylic acids is 4. The third-order valence-corrected chi connectivity index (χ3v) is 8.86. The van der Waals surface area contributed by atoms with E-state index in [1.54, 1.807) is 18.7 Å². The molecule has 1 saturated heterocycles. The van der Waals surface area contributed by atoms with Crippen LogP contribution in [-0.4, -0.2) is 78.6 Å². The summed E-state index contributed by atoms with van der Waals surface area (Å²) in [6.45, 7) is 16.2. The maximum Gasteiger partial charge on any atom is 0.410 e. The second-order valence-corrected chi connectivity index (χ2v) is 14.5. The quantitative estimate of drug-likeness (QED) is 0.120. The standard InChI is InChI=1S/C21H30N2O4.C15H19NO3.C8H11N.ClH/c1-6-26-19(24)17-14-23(20(25)27-21(3,4)5)13-12-18(17)22-15(2)16-10-8-7-9-11-16;1-2-19-15(18)13-11-16(9-8-14(13)17)10-12-6-4-3-5-7-12;1-7(9)8-5-3-2-4-6-8;/h7-11,15,22H,6,12-14H2,1-5H3;3-7,13H,2,8-11H2,1H3;2-7H,9H2,1H3;1H/t15-;;7-;/m1.1./s1. The Morgan fingerprint density at radius 2 is 1.38 bits per heavy atom. The molecule has 0 bridgehead atoms. The van der Waals surface area contributed by atoms with E-state index >= 15 is 0 Å². The molecule has 5 rings (SSSR count). The van der Waals surface area contributed by atoms with E-state index in [9.17, 15) is 19.2 Å². The number of likely N-dealkylation sites (tertiary alicyclic amines) is 1. The van der Waals surface area contributed by atoms with Gasteiger partial charge in [-0.05, 0) is 65.2 Å². The van der Waals surface area contributed by atoms with Crippen molar-refractivity contribution in [1.82, 2.24) is 15.1 Å². The van der Waals surface area contributed by atoms with Crippen LogP contribution in [0.5, 0.6) is 0 Å². The van der Waals surface area contributed by atoms with Gasteiger partial charge in [0.2, 0.25) is 0 Å². The molecule has 0 spiro atoms. The molecule has 1 fully saturated rings. The van der Waals surface area contributed by atoms with Gasteiger partial charge in [0.05, 0.1) is 25.3 Å². The van der Waals surface area contributed by atoms with Crippen LogP contribution in [0, 0.1) is 5.92 Å². The summed E-state index contributed by atoms with van der Waals surface area (Å²) in [4.78, 5) is 52.1. The maximum atomic E-state index is 12.5. The molecule has 3 aromatic rings. The van der Waals surface area contributed by atoms with E-state index in [-0.39, 0.29) is 49.4 Å². The van der Waals surface area contributed by atoms with Crippen LogP contribution in [0.15, 0.2) is 102 Å². The normalized spacial score (nSPS) is 16.7. The molecule has 0 radical (unpaired) electrons. The number of halogens is 1. The van der Waals surface area contributed by atoms with Crippen LogP contribution in [0.25, 0.3) is 0 Å². The first-order chi connectivity index (χ1) is 26.2. The van der Waals surface area contributed by atoms with E-state index < -0.39 is 23.6 Å². The molecule has 0 aliphatic carbocycles. The van der Waals surface area contributed by atoms with Crippen LogP contribution in [0.2, 0.25) is 0 Å². The van der Waals surface area contributed by atoms with Gasteiger partial charge in [-0.15, -0.1) is 12.4 Å². The molecule has 1 unspecified atom stereocenters.